The second kappa shape index (κ2) is 5.81. The van der Waals surface area contributed by atoms with E-state index in [0.29, 0.717) is 0 Å². The molecule has 1 aliphatic rings. The van der Waals surface area contributed by atoms with Crippen molar-refractivity contribution in [1.29, 1.82) is 0 Å². The van der Waals surface area contributed by atoms with Crippen LogP contribution >= 0.6 is 0 Å². The highest BCUT2D eigenvalue weighted by Crippen LogP contribution is 2.25. The van der Waals surface area contributed by atoms with Crippen LogP contribution in [0.4, 0.5) is 0 Å². The number of sulfone groups is 1. The number of rotatable bonds is 4. The fourth-order valence-corrected chi connectivity index (χ4v) is 3.98. The lowest BCUT2D eigenvalue weighted by atomic mass is 10.1. The molecule has 1 heterocycles. The maximum atomic E-state index is 12.6. The Hall–Kier alpha value is -1.95. The summed E-state index contributed by atoms with van der Waals surface area (Å²) in [5.41, 5.74) is 0.937. The zero-order chi connectivity index (χ0) is 15.6. The molecule has 1 atom stereocenters. The minimum atomic E-state index is -3.78. The fourth-order valence-electron chi connectivity index (χ4n) is 2.31. The van der Waals surface area contributed by atoms with E-state index in [1.54, 1.807) is 12.1 Å². The van der Waals surface area contributed by atoms with E-state index in [4.69, 9.17) is 0 Å². The van der Waals surface area contributed by atoms with E-state index in [-0.39, 0.29) is 30.2 Å². The van der Waals surface area contributed by atoms with Crippen LogP contribution in [0.25, 0.3) is 0 Å². The van der Waals surface area contributed by atoms with Gasteiger partial charge in [0.05, 0.1) is 4.90 Å². The lowest BCUT2D eigenvalue weighted by molar-refractivity contribution is -0.146. The van der Waals surface area contributed by atoms with Crippen molar-refractivity contribution in [3.05, 3.63) is 42.5 Å². The van der Waals surface area contributed by atoms with Crippen molar-refractivity contribution in [2.75, 3.05) is 6.54 Å². The summed E-state index contributed by atoms with van der Waals surface area (Å²) in [6, 6.07) is 6.36. The van der Waals surface area contributed by atoms with Crippen LogP contribution in [-0.4, -0.2) is 36.9 Å². The van der Waals surface area contributed by atoms with Gasteiger partial charge in [0.15, 0.2) is 9.84 Å². The third-order valence-electron chi connectivity index (χ3n) is 3.50. The first-order valence-corrected chi connectivity index (χ1v) is 8.18. The molecule has 0 spiro atoms. The van der Waals surface area contributed by atoms with Crippen molar-refractivity contribution in [2.24, 2.45) is 0 Å². The molecule has 1 saturated heterocycles. The zero-order valence-corrected chi connectivity index (χ0v) is 12.6. The average Bonchev–Trinajstić information content (AvgIpc) is 2.43. The minimum Gasteiger partial charge on any atom is -0.278 e. The summed E-state index contributed by atoms with van der Waals surface area (Å²) in [7, 11) is -3.78. The van der Waals surface area contributed by atoms with E-state index in [1.165, 1.54) is 18.2 Å². The van der Waals surface area contributed by atoms with Crippen molar-refractivity contribution in [2.45, 2.75) is 29.9 Å². The number of piperidine rings is 1. The topological polar surface area (TPSA) is 71.5 Å². The molecule has 1 fully saturated rings. The molecule has 1 aliphatic heterocycles. The molecule has 5 nitrogen and oxygen atoms in total. The number of carbonyl (C=O) groups excluding carboxylic acids is 2. The van der Waals surface area contributed by atoms with Gasteiger partial charge in [-0.2, -0.15) is 0 Å². The van der Waals surface area contributed by atoms with E-state index in [0.717, 1.165) is 10.5 Å². The highest BCUT2D eigenvalue weighted by molar-refractivity contribution is 7.92. The Morgan fingerprint density at radius 2 is 1.90 bits per heavy atom. The first kappa shape index (κ1) is 15.4. The Morgan fingerprint density at radius 3 is 2.48 bits per heavy atom. The van der Waals surface area contributed by atoms with Crippen molar-refractivity contribution < 1.29 is 18.0 Å². The predicted octanol–water partition coefficient (Wildman–Crippen LogP) is 1.47. The normalized spacial score (nSPS) is 19.7. The van der Waals surface area contributed by atoms with Crippen LogP contribution in [0.1, 0.15) is 18.4 Å². The van der Waals surface area contributed by atoms with Crippen LogP contribution in [-0.2, 0) is 19.4 Å². The third kappa shape index (κ3) is 2.90. The molecule has 112 valence electrons. The van der Waals surface area contributed by atoms with Crippen molar-refractivity contribution in [3.8, 4) is 0 Å². The second-order valence-electron chi connectivity index (χ2n) is 5.02. The molecule has 0 radical (unpaired) electrons. The van der Waals surface area contributed by atoms with E-state index in [9.17, 15) is 18.0 Å². The third-order valence-corrected chi connectivity index (χ3v) is 5.61. The van der Waals surface area contributed by atoms with Gasteiger partial charge in [-0.25, -0.2) is 8.42 Å². The lowest BCUT2D eigenvalue weighted by Gasteiger charge is -2.29. The summed E-state index contributed by atoms with van der Waals surface area (Å²) in [4.78, 5) is 25.1. The summed E-state index contributed by atoms with van der Waals surface area (Å²) in [6.45, 7) is 5.38. The van der Waals surface area contributed by atoms with Crippen molar-refractivity contribution in [3.63, 3.8) is 0 Å². The molecule has 1 unspecified atom stereocenters. The fraction of sp³-hybridized carbons (Fsp3) is 0.333. The van der Waals surface area contributed by atoms with Gasteiger partial charge in [-0.1, -0.05) is 23.8 Å². The number of benzene rings is 1. The van der Waals surface area contributed by atoms with Gasteiger partial charge >= 0.3 is 0 Å². The quantitative estimate of drug-likeness (QED) is 0.624. The molecule has 1 aromatic rings. The molecule has 0 saturated carbocycles. The van der Waals surface area contributed by atoms with Crippen LogP contribution in [0.3, 0.4) is 0 Å². The second-order valence-corrected chi connectivity index (χ2v) is 7.15. The van der Waals surface area contributed by atoms with E-state index < -0.39 is 21.0 Å². The molecule has 0 aromatic heterocycles. The maximum Gasteiger partial charge on any atom is 0.248 e. The number of nitrogens with zero attached hydrogens (tertiary/aromatic N) is 1. The summed E-state index contributed by atoms with van der Waals surface area (Å²) in [6.07, 6.45) is 1.49. The highest BCUT2D eigenvalue weighted by atomic mass is 32.2. The average molecular weight is 307 g/mol. The summed E-state index contributed by atoms with van der Waals surface area (Å²) in [5, 5.41) is -1.20. The summed E-state index contributed by atoms with van der Waals surface area (Å²) < 4.78 is 25.2. The smallest absolute Gasteiger partial charge is 0.248 e. The molecular formula is C15H17NO4S. The number of imide groups is 1. The standard InChI is InChI=1S/C15H17NO4S/c1-3-10-16-14(17)9-8-13(15(16)18)21(19,20)12-6-4-11(2)5-7-12/h3-7,13H,1,8-10H2,2H3. The monoisotopic (exact) mass is 307 g/mol. The van der Waals surface area contributed by atoms with Gasteiger partial charge in [0, 0.05) is 13.0 Å². The Morgan fingerprint density at radius 1 is 1.29 bits per heavy atom. The van der Waals surface area contributed by atoms with Gasteiger partial charge in [0.1, 0.15) is 5.25 Å². The highest BCUT2D eigenvalue weighted by Gasteiger charge is 2.42. The molecule has 0 aliphatic carbocycles. The molecule has 6 heteroatoms. The largest absolute Gasteiger partial charge is 0.278 e. The van der Waals surface area contributed by atoms with E-state index in [1.807, 2.05) is 6.92 Å². The number of amides is 2. The Labute approximate surface area is 124 Å². The molecule has 1 aromatic carbocycles. The van der Waals surface area contributed by atoms with Crippen molar-refractivity contribution in [1.82, 2.24) is 4.90 Å². The van der Waals surface area contributed by atoms with Crippen LogP contribution in [0, 0.1) is 6.92 Å². The lowest BCUT2D eigenvalue weighted by Crippen LogP contribution is -2.50. The molecule has 2 amide bonds. The first-order valence-electron chi connectivity index (χ1n) is 6.63. The molecular weight excluding hydrogens is 290 g/mol. The van der Waals surface area contributed by atoms with Crippen LogP contribution in [0.5, 0.6) is 0 Å². The zero-order valence-electron chi connectivity index (χ0n) is 11.8. The van der Waals surface area contributed by atoms with Crippen LogP contribution < -0.4 is 0 Å². The summed E-state index contributed by atoms with van der Waals surface area (Å²) >= 11 is 0. The Balaban J connectivity index is 2.36. The number of carbonyl (C=O) groups is 2. The van der Waals surface area contributed by atoms with Crippen molar-refractivity contribution >= 4 is 21.7 Å². The minimum absolute atomic E-state index is 0.0293. The Bertz CT molecular complexity index is 676. The number of hydrogen-bond donors (Lipinski definition) is 0. The van der Waals surface area contributed by atoms with Crippen LogP contribution in [0.2, 0.25) is 0 Å². The van der Waals surface area contributed by atoms with Crippen LogP contribution in [0.15, 0.2) is 41.8 Å². The van der Waals surface area contributed by atoms with Gasteiger partial charge < -0.3 is 0 Å². The predicted molar refractivity (Wildman–Crippen MR) is 78.3 cm³/mol. The van der Waals surface area contributed by atoms with E-state index in [2.05, 4.69) is 6.58 Å². The van der Waals surface area contributed by atoms with Gasteiger partial charge in [0.25, 0.3) is 0 Å². The van der Waals surface area contributed by atoms with Gasteiger partial charge in [-0.15, -0.1) is 6.58 Å². The number of hydrogen-bond acceptors (Lipinski definition) is 4. The van der Waals surface area contributed by atoms with Gasteiger partial charge in [-0.3, -0.25) is 14.5 Å². The molecule has 2 rings (SSSR count). The SMILES string of the molecule is C=CCN1C(=O)CCC(S(=O)(=O)c2ccc(C)cc2)C1=O. The first-order chi connectivity index (χ1) is 9.87. The molecule has 0 bridgehead atoms. The number of likely N-dealkylation sites (tertiary alicyclic amines) is 1. The number of aryl methyl sites for hydroxylation is 1. The van der Waals surface area contributed by atoms with E-state index >= 15 is 0 Å². The Kier molecular flexibility index (Phi) is 4.27. The maximum absolute atomic E-state index is 12.6. The molecule has 21 heavy (non-hydrogen) atoms. The molecule has 0 N–H and O–H groups in total. The van der Waals surface area contributed by atoms with Gasteiger partial charge in [-0.05, 0) is 25.5 Å². The summed E-state index contributed by atoms with van der Waals surface area (Å²) in [5.74, 6) is -1.01. The van der Waals surface area contributed by atoms with Gasteiger partial charge in [0.2, 0.25) is 11.8 Å².